The maximum atomic E-state index is 12.4. The lowest BCUT2D eigenvalue weighted by molar-refractivity contribution is -0.119. The molecule has 0 spiro atoms. The molecule has 4 rings (SSSR count). The van der Waals surface area contributed by atoms with Crippen LogP contribution in [0.5, 0.6) is 0 Å². The van der Waals surface area contributed by atoms with E-state index in [9.17, 15) is 9.59 Å². The number of aryl methyl sites for hydroxylation is 1. The van der Waals surface area contributed by atoms with Crippen molar-refractivity contribution in [1.29, 1.82) is 0 Å². The SMILES string of the molecule is CC(NC(=O)CSc1nc2ccc(NC(=O)CCc3ccccc3)cc2s1)c1ccccc1. The minimum atomic E-state index is -0.0391. The van der Waals surface area contributed by atoms with Crippen LogP contribution in [0.1, 0.15) is 30.5 Å². The standard InChI is InChI=1S/C26H25N3O2S2/c1-18(20-10-6-3-7-11-20)27-25(31)17-32-26-29-22-14-13-21(16-23(22)33-26)28-24(30)15-12-19-8-4-2-5-9-19/h2-11,13-14,16,18H,12,15,17H2,1H3,(H,27,31)(H,28,30). The maximum Gasteiger partial charge on any atom is 0.230 e. The highest BCUT2D eigenvalue weighted by Gasteiger charge is 2.12. The number of thiazole rings is 1. The minimum Gasteiger partial charge on any atom is -0.349 e. The van der Waals surface area contributed by atoms with Crippen LogP contribution < -0.4 is 10.6 Å². The smallest absolute Gasteiger partial charge is 0.230 e. The number of hydrogen-bond acceptors (Lipinski definition) is 5. The van der Waals surface area contributed by atoms with Crippen molar-refractivity contribution in [3.63, 3.8) is 0 Å². The fraction of sp³-hybridized carbons (Fsp3) is 0.192. The fourth-order valence-corrected chi connectivity index (χ4v) is 5.32. The quantitative estimate of drug-likeness (QED) is 0.299. The van der Waals surface area contributed by atoms with Crippen LogP contribution in [0.2, 0.25) is 0 Å². The minimum absolute atomic E-state index is 0.0125. The summed E-state index contributed by atoms with van der Waals surface area (Å²) in [5, 5.41) is 5.99. The monoisotopic (exact) mass is 475 g/mol. The first-order valence-electron chi connectivity index (χ1n) is 10.8. The summed E-state index contributed by atoms with van der Waals surface area (Å²) >= 11 is 2.95. The molecule has 0 bridgehead atoms. The second-order valence-corrected chi connectivity index (χ2v) is 9.94. The predicted octanol–water partition coefficient (Wildman–Crippen LogP) is 5.84. The van der Waals surface area contributed by atoms with E-state index in [4.69, 9.17) is 0 Å². The van der Waals surface area contributed by atoms with Gasteiger partial charge in [0.25, 0.3) is 0 Å². The number of fused-ring (bicyclic) bond motifs is 1. The number of aromatic nitrogens is 1. The molecule has 7 heteroatoms. The molecule has 1 unspecified atom stereocenters. The number of rotatable bonds is 9. The van der Waals surface area contributed by atoms with Gasteiger partial charge in [0.1, 0.15) is 0 Å². The normalized spacial score (nSPS) is 11.8. The van der Waals surface area contributed by atoms with Crippen molar-refractivity contribution in [3.8, 4) is 0 Å². The zero-order valence-electron chi connectivity index (χ0n) is 18.3. The van der Waals surface area contributed by atoms with Crippen molar-refractivity contribution in [2.24, 2.45) is 0 Å². The van der Waals surface area contributed by atoms with Gasteiger partial charge in [-0.25, -0.2) is 4.98 Å². The van der Waals surface area contributed by atoms with Gasteiger partial charge in [0.2, 0.25) is 11.8 Å². The first-order valence-corrected chi connectivity index (χ1v) is 12.6. The third-order valence-electron chi connectivity index (χ3n) is 5.14. The van der Waals surface area contributed by atoms with Gasteiger partial charge in [0, 0.05) is 12.1 Å². The highest BCUT2D eigenvalue weighted by atomic mass is 32.2. The number of carbonyl (C=O) groups excluding carboxylic acids is 2. The fourth-order valence-electron chi connectivity index (χ4n) is 3.40. The average Bonchev–Trinajstić information content (AvgIpc) is 3.25. The molecule has 0 aliphatic rings. The van der Waals surface area contributed by atoms with E-state index >= 15 is 0 Å². The van der Waals surface area contributed by atoms with Crippen LogP contribution in [0.25, 0.3) is 10.2 Å². The van der Waals surface area contributed by atoms with Crippen molar-refractivity contribution in [3.05, 3.63) is 90.0 Å². The summed E-state index contributed by atoms with van der Waals surface area (Å²) in [5.74, 6) is 0.267. The number of benzene rings is 3. The first-order chi connectivity index (χ1) is 16.1. The number of anilines is 1. The number of hydrogen-bond donors (Lipinski definition) is 2. The molecule has 1 aromatic heterocycles. The van der Waals surface area contributed by atoms with Gasteiger partial charge in [0.05, 0.1) is 22.0 Å². The van der Waals surface area contributed by atoms with E-state index in [0.717, 1.165) is 31.4 Å². The Bertz CT molecular complexity index is 1230. The van der Waals surface area contributed by atoms with Crippen LogP contribution in [0, 0.1) is 0 Å². The van der Waals surface area contributed by atoms with Crippen LogP contribution >= 0.6 is 23.1 Å². The third kappa shape index (κ3) is 6.66. The summed E-state index contributed by atoms with van der Waals surface area (Å²) in [6.07, 6.45) is 1.14. The number of amides is 2. The summed E-state index contributed by atoms with van der Waals surface area (Å²) in [5.41, 5.74) is 3.85. The molecule has 4 aromatic rings. The van der Waals surface area contributed by atoms with Gasteiger partial charge < -0.3 is 10.6 Å². The van der Waals surface area contributed by atoms with Crippen molar-refractivity contribution in [2.75, 3.05) is 11.1 Å². The van der Waals surface area contributed by atoms with E-state index in [1.807, 2.05) is 85.8 Å². The Morgan fingerprint density at radius 3 is 2.45 bits per heavy atom. The molecular weight excluding hydrogens is 450 g/mol. The van der Waals surface area contributed by atoms with Gasteiger partial charge in [-0.15, -0.1) is 11.3 Å². The number of thioether (sulfide) groups is 1. The van der Waals surface area contributed by atoms with Crippen molar-refractivity contribution >= 4 is 50.8 Å². The van der Waals surface area contributed by atoms with Crippen LogP contribution in [0.4, 0.5) is 5.69 Å². The Labute approximate surface area is 201 Å². The molecule has 0 aliphatic heterocycles. The average molecular weight is 476 g/mol. The summed E-state index contributed by atoms with van der Waals surface area (Å²) in [7, 11) is 0. The predicted molar refractivity (Wildman–Crippen MR) is 137 cm³/mol. The Kier molecular flexibility index (Phi) is 7.75. The van der Waals surface area contributed by atoms with Crippen LogP contribution in [0.3, 0.4) is 0 Å². The van der Waals surface area contributed by atoms with Gasteiger partial charge in [0.15, 0.2) is 4.34 Å². The maximum absolute atomic E-state index is 12.4. The van der Waals surface area contributed by atoms with Gasteiger partial charge in [-0.1, -0.05) is 72.4 Å². The molecule has 0 aliphatic carbocycles. The summed E-state index contributed by atoms with van der Waals surface area (Å²) in [4.78, 5) is 29.3. The molecule has 33 heavy (non-hydrogen) atoms. The van der Waals surface area contributed by atoms with Gasteiger partial charge >= 0.3 is 0 Å². The molecule has 1 heterocycles. The highest BCUT2D eigenvalue weighted by molar-refractivity contribution is 8.01. The summed E-state index contributed by atoms with van der Waals surface area (Å²) < 4.78 is 1.82. The van der Waals surface area contributed by atoms with Gasteiger partial charge in [-0.2, -0.15) is 0 Å². The molecule has 5 nitrogen and oxygen atoms in total. The zero-order valence-corrected chi connectivity index (χ0v) is 19.9. The third-order valence-corrected chi connectivity index (χ3v) is 7.30. The van der Waals surface area contributed by atoms with Crippen LogP contribution in [-0.4, -0.2) is 22.6 Å². The molecule has 168 valence electrons. The molecule has 2 N–H and O–H groups in total. The van der Waals surface area contributed by atoms with E-state index in [0.29, 0.717) is 18.6 Å². The Balaban J connectivity index is 1.29. The Hall–Kier alpha value is -3.16. The molecular formula is C26H25N3O2S2. The van der Waals surface area contributed by atoms with E-state index in [-0.39, 0.29) is 17.9 Å². The lowest BCUT2D eigenvalue weighted by atomic mass is 10.1. The highest BCUT2D eigenvalue weighted by Crippen LogP contribution is 2.31. The van der Waals surface area contributed by atoms with E-state index in [1.54, 1.807) is 0 Å². The Morgan fingerprint density at radius 1 is 0.970 bits per heavy atom. The number of carbonyl (C=O) groups is 2. The van der Waals surface area contributed by atoms with Crippen molar-refractivity contribution in [2.45, 2.75) is 30.1 Å². The topological polar surface area (TPSA) is 71.1 Å². The molecule has 1 atom stereocenters. The summed E-state index contributed by atoms with van der Waals surface area (Å²) in [6, 6.07) is 25.6. The largest absolute Gasteiger partial charge is 0.349 e. The van der Waals surface area contributed by atoms with Crippen LogP contribution in [-0.2, 0) is 16.0 Å². The van der Waals surface area contributed by atoms with Gasteiger partial charge in [-0.05, 0) is 42.7 Å². The number of nitrogens with zero attached hydrogens (tertiary/aromatic N) is 1. The second kappa shape index (κ2) is 11.1. The van der Waals surface area contributed by atoms with Crippen LogP contribution in [0.15, 0.2) is 83.2 Å². The van der Waals surface area contributed by atoms with E-state index < -0.39 is 0 Å². The van der Waals surface area contributed by atoms with Gasteiger partial charge in [-0.3, -0.25) is 9.59 Å². The molecule has 3 aromatic carbocycles. The molecule has 0 fully saturated rings. The van der Waals surface area contributed by atoms with Crippen molar-refractivity contribution in [1.82, 2.24) is 10.3 Å². The van der Waals surface area contributed by atoms with E-state index in [2.05, 4.69) is 15.6 Å². The second-order valence-electron chi connectivity index (χ2n) is 7.68. The zero-order chi connectivity index (χ0) is 23.0. The van der Waals surface area contributed by atoms with E-state index in [1.165, 1.54) is 23.1 Å². The lowest BCUT2D eigenvalue weighted by Crippen LogP contribution is -2.28. The van der Waals surface area contributed by atoms with Crippen molar-refractivity contribution < 1.29 is 9.59 Å². The molecule has 0 radical (unpaired) electrons. The lowest BCUT2D eigenvalue weighted by Gasteiger charge is -2.13. The molecule has 2 amide bonds. The number of nitrogens with one attached hydrogen (secondary N) is 2. The first kappa shape index (κ1) is 23.0. The Morgan fingerprint density at radius 2 is 1.70 bits per heavy atom. The molecule has 0 saturated carbocycles. The summed E-state index contributed by atoms with van der Waals surface area (Å²) in [6.45, 7) is 1.98. The molecule has 0 saturated heterocycles.